The highest BCUT2D eigenvalue weighted by Crippen LogP contribution is 2.35. The van der Waals surface area contributed by atoms with E-state index in [1.165, 1.54) is 10.8 Å². The molecule has 5 aromatic rings. The normalized spacial score (nSPS) is 16.4. The van der Waals surface area contributed by atoms with Gasteiger partial charge >= 0.3 is 0 Å². The summed E-state index contributed by atoms with van der Waals surface area (Å²) in [5.41, 5.74) is 4.57. The third-order valence-corrected chi connectivity index (χ3v) is 8.89. The summed E-state index contributed by atoms with van der Waals surface area (Å²) in [5.74, 6) is -0.899. The SMILES string of the molecule is O=C(CN1C(=O)S/C(=C\c2cn(Cc3ccc4ccccc4c3)c3ccccc23)C1=O)Nc1ccccc1N1CCOCC1. The molecule has 0 saturated carbocycles. The summed E-state index contributed by atoms with van der Waals surface area (Å²) in [5, 5.41) is 5.80. The van der Waals surface area contributed by atoms with Crippen LogP contribution in [0.15, 0.2) is 102 Å². The highest BCUT2D eigenvalue weighted by atomic mass is 32.2. The minimum Gasteiger partial charge on any atom is -0.378 e. The number of hydrogen-bond acceptors (Lipinski definition) is 6. The number of thioether (sulfide) groups is 1. The summed E-state index contributed by atoms with van der Waals surface area (Å²) in [6, 6.07) is 30.3. The first kappa shape index (κ1) is 27.9. The zero-order valence-electron chi connectivity index (χ0n) is 23.9. The Morgan fingerprint density at radius 3 is 2.50 bits per heavy atom. The van der Waals surface area contributed by atoms with Gasteiger partial charge in [-0.25, -0.2) is 0 Å². The number of fused-ring (bicyclic) bond motifs is 2. The van der Waals surface area contributed by atoms with E-state index in [0.717, 1.165) is 57.5 Å². The molecule has 0 aliphatic carbocycles. The van der Waals surface area contributed by atoms with E-state index in [-0.39, 0.29) is 6.54 Å². The number of imide groups is 1. The third-order valence-electron chi connectivity index (χ3n) is 7.98. The maximum absolute atomic E-state index is 13.4. The lowest BCUT2D eigenvalue weighted by Gasteiger charge is -2.30. The standard InChI is InChI=1S/C35H30N4O4S/c40-33(36-29-10-4-6-12-31(29)37-15-17-43-18-16-37)23-39-34(41)32(44-35(39)42)20-27-22-38(30-11-5-3-9-28(27)30)21-24-13-14-25-7-1-2-8-26(25)19-24/h1-14,19-20,22H,15-18,21,23H2,(H,36,40)/b32-20-. The van der Waals surface area contributed by atoms with Crippen molar-refractivity contribution in [3.8, 4) is 0 Å². The van der Waals surface area contributed by atoms with Crippen molar-refractivity contribution in [2.24, 2.45) is 0 Å². The number of nitrogens with zero attached hydrogens (tertiary/aromatic N) is 3. The number of carbonyl (C=O) groups is 3. The summed E-state index contributed by atoms with van der Waals surface area (Å²) in [7, 11) is 0. The van der Waals surface area contributed by atoms with Crippen molar-refractivity contribution in [2.75, 3.05) is 43.1 Å². The van der Waals surface area contributed by atoms with Crippen LogP contribution in [0.2, 0.25) is 0 Å². The first-order chi connectivity index (χ1) is 21.5. The maximum atomic E-state index is 13.4. The van der Waals surface area contributed by atoms with Crippen LogP contribution in [-0.4, -0.2) is 59.4 Å². The summed E-state index contributed by atoms with van der Waals surface area (Å²) >= 11 is 0.861. The topological polar surface area (TPSA) is 83.9 Å². The number of hydrogen-bond donors (Lipinski definition) is 1. The molecule has 0 radical (unpaired) electrons. The average Bonchev–Trinajstić information content (AvgIpc) is 3.53. The molecule has 2 aliphatic heterocycles. The predicted octanol–water partition coefficient (Wildman–Crippen LogP) is 6.35. The van der Waals surface area contributed by atoms with E-state index in [1.54, 1.807) is 6.08 Å². The van der Waals surface area contributed by atoms with E-state index in [4.69, 9.17) is 4.74 Å². The van der Waals surface area contributed by atoms with Crippen molar-refractivity contribution >= 4 is 67.9 Å². The lowest BCUT2D eigenvalue weighted by molar-refractivity contribution is -0.127. The van der Waals surface area contributed by atoms with E-state index < -0.39 is 17.1 Å². The van der Waals surface area contributed by atoms with Crippen LogP contribution in [0, 0.1) is 0 Å². The molecule has 7 rings (SSSR count). The van der Waals surface area contributed by atoms with E-state index in [0.29, 0.717) is 30.4 Å². The molecule has 2 saturated heterocycles. The molecule has 1 aromatic heterocycles. The van der Waals surface area contributed by atoms with Gasteiger partial charge in [0.05, 0.1) is 29.5 Å². The van der Waals surface area contributed by atoms with Gasteiger partial charge in [0.2, 0.25) is 5.91 Å². The fourth-order valence-electron chi connectivity index (χ4n) is 5.83. The first-order valence-corrected chi connectivity index (χ1v) is 15.4. The van der Waals surface area contributed by atoms with E-state index >= 15 is 0 Å². The molecule has 4 aromatic carbocycles. The van der Waals surface area contributed by atoms with Gasteiger partial charge in [-0.3, -0.25) is 19.3 Å². The Morgan fingerprint density at radius 1 is 0.886 bits per heavy atom. The van der Waals surface area contributed by atoms with Crippen LogP contribution in [0.4, 0.5) is 16.2 Å². The number of carbonyl (C=O) groups excluding carboxylic acids is 3. The molecular formula is C35H30N4O4S. The molecular weight excluding hydrogens is 572 g/mol. The lowest BCUT2D eigenvalue weighted by atomic mass is 10.1. The number of benzene rings is 4. The second-order valence-electron chi connectivity index (χ2n) is 10.8. The van der Waals surface area contributed by atoms with Crippen LogP contribution in [0.25, 0.3) is 27.8 Å². The molecule has 44 heavy (non-hydrogen) atoms. The molecule has 3 amide bonds. The van der Waals surface area contributed by atoms with Crippen LogP contribution in [0.1, 0.15) is 11.1 Å². The Hall–Kier alpha value is -4.86. The van der Waals surface area contributed by atoms with Crippen LogP contribution >= 0.6 is 11.8 Å². The zero-order chi connectivity index (χ0) is 30.0. The van der Waals surface area contributed by atoms with Gasteiger partial charge in [-0.15, -0.1) is 0 Å². The van der Waals surface area contributed by atoms with Gasteiger partial charge in [-0.05, 0) is 58.4 Å². The number of morpholine rings is 1. The van der Waals surface area contributed by atoms with Crippen LogP contribution < -0.4 is 10.2 Å². The molecule has 0 unspecified atom stereocenters. The predicted molar refractivity (Wildman–Crippen MR) is 176 cm³/mol. The average molecular weight is 603 g/mol. The van der Waals surface area contributed by atoms with E-state index in [2.05, 4.69) is 51.2 Å². The summed E-state index contributed by atoms with van der Waals surface area (Å²) in [6.45, 7) is 2.98. The number of amides is 3. The van der Waals surface area contributed by atoms with Gasteiger partial charge in [-0.1, -0.05) is 66.7 Å². The summed E-state index contributed by atoms with van der Waals surface area (Å²) in [6.07, 6.45) is 3.78. The molecule has 3 heterocycles. The molecule has 8 nitrogen and oxygen atoms in total. The fraction of sp³-hybridized carbons (Fsp3) is 0.171. The quantitative estimate of drug-likeness (QED) is 0.219. The smallest absolute Gasteiger partial charge is 0.294 e. The highest BCUT2D eigenvalue weighted by molar-refractivity contribution is 8.18. The number of aromatic nitrogens is 1. The van der Waals surface area contributed by atoms with Gasteiger partial charge in [0.15, 0.2) is 0 Å². The van der Waals surface area contributed by atoms with E-state index in [1.807, 2.05) is 60.8 Å². The molecule has 0 atom stereocenters. The van der Waals surface area contributed by atoms with Crippen molar-refractivity contribution in [1.29, 1.82) is 0 Å². The number of rotatable bonds is 7. The maximum Gasteiger partial charge on any atom is 0.294 e. The number of nitrogens with one attached hydrogen (secondary N) is 1. The van der Waals surface area contributed by atoms with Crippen LogP contribution in [0.3, 0.4) is 0 Å². The molecule has 0 bridgehead atoms. The van der Waals surface area contributed by atoms with Gasteiger partial charge in [-0.2, -0.15) is 0 Å². The second kappa shape index (κ2) is 12.0. The Labute approximate surface area is 258 Å². The largest absolute Gasteiger partial charge is 0.378 e. The second-order valence-corrected chi connectivity index (χ2v) is 11.8. The molecule has 1 N–H and O–H groups in total. The van der Waals surface area contributed by atoms with Crippen molar-refractivity contribution in [2.45, 2.75) is 6.54 Å². The number of para-hydroxylation sites is 3. The minimum atomic E-state index is -0.469. The minimum absolute atomic E-state index is 0.296. The van der Waals surface area contributed by atoms with Gasteiger partial charge in [0, 0.05) is 42.3 Å². The Kier molecular flexibility index (Phi) is 7.64. The van der Waals surface area contributed by atoms with Crippen molar-refractivity contribution in [3.63, 3.8) is 0 Å². The lowest BCUT2D eigenvalue weighted by Crippen LogP contribution is -2.38. The van der Waals surface area contributed by atoms with Crippen LogP contribution in [-0.2, 0) is 20.9 Å². The highest BCUT2D eigenvalue weighted by Gasteiger charge is 2.36. The van der Waals surface area contributed by atoms with Gasteiger partial charge < -0.3 is 19.5 Å². The van der Waals surface area contributed by atoms with E-state index in [9.17, 15) is 14.4 Å². The van der Waals surface area contributed by atoms with Gasteiger partial charge in [0.25, 0.3) is 11.1 Å². The Bertz CT molecular complexity index is 1940. The molecule has 2 fully saturated rings. The van der Waals surface area contributed by atoms with Crippen LogP contribution in [0.5, 0.6) is 0 Å². The summed E-state index contributed by atoms with van der Waals surface area (Å²) < 4.78 is 7.61. The third kappa shape index (κ3) is 5.59. The number of anilines is 2. The molecule has 220 valence electrons. The van der Waals surface area contributed by atoms with Crippen molar-refractivity contribution in [3.05, 3.63) is 113 Å². The summed E-state index contributed by atoms with van der Waals surface area (Å²) in [4.78, 5) is 42.8. The Balaban J connectivity index is 1.10. The fourth-order valence-corrected chi connectivity index (χ4v) is 6.65. The Morgan fingerprint density at radius 2 is 1.64 bits per heavy atom. The number of ether oxygens (including phenoxy) is 1. The molecule has 9 heteroatoms. The molecule has 0 spiro atoms. The monoisotopic (exact) mass is 602 g/mol. The first-order valence-electron chi connectivity index (χ1n) is 14.6. The van der Waals surface area contributed by atoms with Crippen molar-refractivity contribution in [1.82, 2.24) is 9.47 Å². The zero-order valence-corrected chi connectivity index (χ0v) is 24.8. The van der Waals surface area contributed by atoms with Gasteiger partial charge in [0.1, 0.15) is 6.54 Å². The molecule has 2 aliphatic rings. The van der Waals surface area contributed by atoms with Crippen molar-refractivity contribution < 1.29 is 19.1 Å².